The summed E-state index contributed by atoms with van der Waals surface area (Å²) in [6, 6.07) is 13.8. The van der Waals surface area contributed by atoms with Crippen molar-refractivity contribution in [2.45, 2.75) is 25.7 Å². The highest BCUT2D eigenvalue weighted by Crippen LogP contribution is 2.25. The number of sulfonamides is 1. The van der Waals surface area contributed by atoms with Crippen LogP contribution in [0, 0.1) is 6.92 Å². The molecule has 0 bridgehead atoms. The van der Waals surface area contributed by atoms with Crippen molar-refractivity contribution in [3.63, 3.8) is 0 Å². The van der Waals surface area contributed by atoms with Crippen LogP contribution in [0.3, 0.4) is 0 Å². The first-order chi connectivity index (χ1) is 15.4. The van der Waals surface area contributed by atoms with Crippen LogP contribution in [0.15, 0.2) is 53.4 Å². The maximum atomic E-state index is 12.9. The Labute approximate surface area is 190 Å². The van der Waals surface area contributed by atoms with E-state index in [9.17, 15) is 8.42 Å². The highest BCUT2D eigenvalue weighted by Gasteiger charge is 2.19. The molecule has 2 heterocycles. The zero-order valence-corrected chi connectivity index (χ0v) is 19.5. The van der Waals surface area contributed by atoms with E-state index in [1.807, 2.05) is 13.0 Å². The van der Waals surface area contributed by atoms with Crippen LogP contribution >= 0.6 is 11.7 Å². The van der Waals surface area contributed by atoms with Gasteiger partial charge in [-0.15, -0.1) is 0 Å². The summed E-state index contributed by atoms with van der Waals surface area (Å²) < 4.78 is 36.6. The van der Waals surface area contributed by atoms with Crippen molar-refractivity contribution < 1.29 is 8.42 Å². The quantitative estimate of drug-likeness (QED) is 0.395. The van der Waals surface area contributed by atoms with Gasteiger partial charge in [0.15, 0.2) is 0 Å². The zero-order valence-electron chi connectivity index (χ0n) is 17.9. The number of hydrogen-bond acceptors (Lipinski definition) is 9. The van der Waals surface area contributed by atoms with E-state index in [1.54, 1.807) is 36.4 Å². The largest absolute Gasteiger partial charge is 0.357 e. The van der Waals surface area contributed by atoms with Gasteiger partial charge < -0.3 is 10.2 Å². The van der Waals surface area contributed by atoms with Crippen molar-refractivity contribution in [2.24, 2.45) is 0 Å². The molecule has 0 saturated heterocycles. The molecule has 0 aliphatic carbocycles. The van der Waals surface area contributed by atoms with E-state index in [0.717, 1.165) is 42.0 Å². The fraction of sp³-hybridized carbons (Fsp3) is 0.238. The topological polar surface area (TPSA) is 113 Å². The fourth-order valence-corrected chi connectivity index (χ4v) is 5.10. The number of rotatable bonds is 8. The van der Waals surface area contributed by atoms with Gasteiger partial charge >= 0.3 is 0 Å². The van der Waals surface area contributed by atoms with Crippen LogP contribution < -0.4 is 14.9 Å². The third kappa shape index (κ3) is 4.63. The smallest absolute Gasteiger partial charge is 0.264 e. The van der Waals surface area contributed by atoms with Crippen LogP contribution in [0.2, 0.25) is 0 Å². The zero-order chi connectivity index (χ0) is 22.7. The molecular formula is C21H23N7O2S2. The van der Waals surface area contributed by atoms with E-state index >= 15 is 0 Å². The van der Waals surface area contributed by atoms with Gasteiger partial charge in [0.1, 0.15) is 21.7 Å². The molecular weight excluding hydrogens is 446 g/mol. The third-order valence-electron chi connectivity index (χ3n) is 4.86. The number of hydrogen-bond donors (Lipinski definition) is 2. The summed E-state index contributed by atoms with van der Waals surface area (Å²) in [4.78, 5) is 11.3. The molecule has 0 atom stereocenters. The first kappa shape index (κ1) is 21.9. The van der Waals surface area contributed by atoms with E-state index in [2.05, 4.69) is 47.5 Å². The van der Waals surface area contributed by atoms with Crippen molar-refractivity contribution >= 4 is 55.9 Å². The molecule has 166 valence electrons. The maximum Gasteiger partial charge on any atom is 0.264 e. The van der Waals surface area contributed by atoms with E-state index in [0.29, 0.717) is 22.7 Å². The Hall–Kier alpha value is -3.31. The first-order valence-electron chi connectivity index (χ1n) is 10.1. The average Bonchev–Trinajstić information content (AvgIpc) is 3.24. The number of benzene rings is 2. The fourth-order valence-electron chi connectivity index (χ4n) is 3.28. The molecule has 32 heavy (non-hydrogen) atoms. The van der Waals surface area contributed by atoms with E-state index < -0.39 is 10.0 Å². The van der Waals surface area contributed by atoms with Gasteiger partial charge in [0, 0.05) is 36.2 Å². The van der Waals surface area contributed by atoms with Crippen molar-refractivity contribution in [3.05, 3.63) is 54.2 Å². The number of anilines is 4. The minimum atomic E-state index is -3.80. The number of nitrogens with one attached hydrogen (secondary N) is 2. The van der Waals surface area contributed by atoms with Gasteiger partial charge in [0.25, 0.3) is 10.0 Å². The molecule has 2 aromatic carbocycles. The van der Waals surface area contributed by atoms with Crippen LogP contribution in [0.5, 0.6) is 0 Å². The van der Waals surface area contributed by atoms with Crippen LogP contribution in [-0.4, -0.2) is 40.2 Å². The monoisotopic (exact) mass is 469 g/mol. The van der Waals surface area contributed by atoms with Crippen LogP contribution in [-0.2, 0) is 10.0 Å². The van der Waals surface area contributed by atoms with Crippen LogP contribution in [0.1, 0.15) is 19.5 Å². The van der Waals surface area contributed by atoms with Gasteiger partial charge in [-0.2, -0.15) is 13.7 Å². The number of fused-ring (bicyclic) bond motifs is 1. The molecule has 11 heteroatoms. The van der Waals surface area contributed by atoms with E-state index in [1.165, 1.54) is 6.07 Å². The third-order valence-corrected chi connectivity index (χ3v) is 6.82. The number of nitrogens with zero attached hydrogens (tertiary/aromatic N) is 5. The molecule has 0 aliphatic heterocycles. The van der Waals surface area contributed by atoms with Crippen molar-refractivity contribution in [1.29, 1.82) is 0 Å². The second-order valence-corrected chi connectivity index (χ2v) is 9.24. The predicted molar refractivity (Wildman–Crippen MR) is 128 cm³/mol. The summed E-state index contributed by atoms with van der Waals surface area (Å²) >= 11 is 0.983. The summed E-state index contributed by atoms with van der Waals surface area (Å²) in [5.74, 6) is 1.35. The van der Waals surface area contributed by atoms with Gasteiger partial charge in [-0.1, -0.05) is 6.07 Å². The van der Waals surface area contributed by atoms with E-state index in [-0.39, 0.29) is 4.90 Å². The molecule has 0 spiro atoms. The van der Waals surface area contributed by atoms with Crippen LogP contribution in [0.4, 0.5) is 23.1 Å². The summed E-state index contributed by atoms with van der Waals surface area (Å²) in [5, 5.41) is 3.19. The second-order valence-electron chi connectivity index (χ2n) is 7.06. The summed E-state index contributed by atoms with van der Waals surface area (Å²) in [6.07, 6.45) is 0. The lowest BCUT2D eigenvalue weighted by molar-refractivity contribution is 0.602. The standard InChI is InChI=1S/C21H23N7O2S2/c1-4-28(5-2)19-13-14(3)22-21(24-19)23-15-9-11-16(12-10-15)27-32(29,30)18-8-6-7-17-20(18)26-31-25-17/h6-13,27H,4-5H2,1-3H3,(H,22,23,24). The molecule has 0 saturated carbocycles. The Morgan fingerprint density at radius 3 is 2.41 bits per heavy atom. The molecule has 0 unspecified atom stereocenters. The first-order valence-corrected chi connectivity index (χ1v) is 12.3. The lowest BCUT2D eigenvalue weighted by Gasteiger charge is -2.20. The summed E-state index contributed by atoms with van der Waals surface area (Å²) in [6.45, 7) is 7.80. The highest BCUT2D eigenvalue weighted by atomic mass is 32.2. The lowest BCUT2D eigenvalue weighted by Crippen LogP contribution is -2.23. The predicted octanol–water partition coefficient (Wildman–Crippen LogP) is 4.18. The molecule has 0 amide bonds. The van der Waals surface area contributed by atoms with Gasteiger partial charge in [0.2, 0.25) is 5.95 Å². The van der Waals surface area contributed by atoms with Gasteiger partial charge in [0.05, 0.1) is 11.7 Å². The van der Waals surface area contributed by atoms with Crippen molar-refractivity contribution in [2.75, 3.05) is 28.0 Å². The molecule has 4 aromatic rings. The Kier molecular flexibility index (Phi) is 6.19. The summed E-state index contributed by atoms with van der Waals surface area (Å²) in [5.41, 5.74) is 2.96. The Morgan fingerprint density at radius 1 is 0.969 bits per heavy atom. The number of aromatic nitrogens is 4. The van der Waals surface area contributed by atoms with Crippen molar-refractivity contribution in [3.8, 4) is 0 Å². The van der Waals surface area contributed by atoms with Crippen molar-refractivity contribution in [1.82, 2.24) is 18.7 Å². The van der Waals surface area contributed by atoms with Gasteiger partial charge in [-0.3, -0.25) is 4.72 Å². The molecule has 0 radical (unpaired) electrons. The Balaban J connectivity index is 1.52. The summed E-state index contributed by atoms with van der Waals surface area (Å²) in [7, 11) is -3.80. The lowest BCUT2D eigenvalue weighted by atomic mass is 10.3. The molecule has 9 nitrogen and oxygen atoms in total. The molecule has 2 aromatic heterocycles. The molecule has 4 rings (SSSR count). The number of aryl methyl sites for hydroxylation is 1. The minimum absolute atomic E-state index is 0.100. The molecule has 0 aliphatic rings. The Bertz CT molecular complexity index is 1330. The second kappa shape index (κ2) is 9.05. The van der Waals surface area contributed by atoms with Gasteiger partial charge in [-0.25, -0.2) is 13.4 Å². The van der Waals surface area contributed by atoms with Gasteiger partial charge in [-0.05, 0) is 57.2 Å². The normalized spacial score (nSPS) is 11.5. The SMILES string of the molecule is CCN(CC)c1cc(C)nc(Nc2ccc(NS(=O)(=O)c3cccc4nsnc34)cc2)n1. The van der Waals surface area contributed by atoms with E-state index in [4.69, 9.17) is 0 Å². The molecule has 0 fully saturated rings. The maximum absolute atomic E-state index is 12.9. The molecule has 2 N–H and O–H groups in total. The average molecular weight is 470 g/mol. The minimum Gasteiger partial charge on any atom is -0.357 e. The highest BCUT2D eigenvalue weighted by molar-refractivity contribution is 7.93. The van der Waals surface area contributed by atoms with Crippen LogP contribution in [0.25, 0.3) is 11.0 Å². The Morgan fingerprint density at radius 2 is 1.69 bits per heavy atom.